The highest BCUT2D eigenvalue weighted by atomic mass is 35.5. The highest BCUT2D eigenvalue weighted by Crippen LogP contribution is 2.12. The molecule has 1 aromatic carbocycles. The average molecular weight is 303 g/mol. The second-order valence-corrected chi connectivity index (χ2v) is 4.86. The van der Waals surface area contributed by atoms with Crippen LogP contribution in [0.1, 0.15) is 12.5 Å². The molecule has 0 aliphatic carbocycles. The average Bonchev–Trinajstić information content (AvgIpc) is 2.47. The van der Waals surface area contributed by atoms with Gasteiger partial charge in [-0.1, -0.05) is 23.7 Å². The van der Waals surface area contributed by atoms with Gasteiger partial charge in [-0.15, -0.1) is 0 Å². The van der Waals surface area contributed by atoms with Crippen molar-refractivity contribution >= 4 is 29.3 Å². The van der Waals surface area contributed by atoms with E-state index in [1.807, 2.05) is 19.1 Å². The van der Waals surface area contributed by atoms with Gasteiger partial charge in [-0.25, -0.2) is 0 Å². The van der Waals surface area contributed by atoms with Crippen LogP contribution in [0.2, 0.25) is 5.02 Å². The van der Waals surface area contributed by atoms with Crippen LogP contribution in [0, 0.1) is 0 Å². The number of hydrogen-bond donors (Lipinski definition) is 1. The van der Waals surface area contributed by atoms with E-state index in [1.165, 1.54) is 16.7 Å². The first-order valence-corrected chi connectivity index (χ1v) is 6.91. The molecule has 2 aromatic rings. The van der Waals surface area contributed by atoms with E-state index in [0.717, 1.165) is 5.56 Å². The number of halogens is 1. The van der Waals surface area contributed by atoms with Gasteiger partial charge in [0.05, 0.1) is 5.69 Å². The van der Waals surface area contributed by atoms with Crippen LogP contribution in [0.4, 0.5) is 5.69 Å². The molecule has 4 nitrogen and oxygen atoms in total. The van der Waals surface area contributed by atoms with Crippen LogP contribution in [0.3, 0.4) is 0 Å². The molecule has 0 spiro atoms. The van der Waals surface area contributed by atoms with Crippen LogP contribution >= 0.6 is 11.6 Å². The standard InChI is InChI=1S/C16H15ClN2O2/c1-2-19-11-14(7-9-16(19)21)18-15(20)8-6-12-4-3-5-13(17)10-12/h3-11H,2H2,1H3,(H,18,20). The zero-order valence-corrected chi connectivity index (χ0v) is 12.3. The summed E-state index contributed by atoms with van der Waals surface area (Å²) in [7, 11) is 0. The number of nitrogens with zero attached hydrogens (tertiary/aromatic N) is 1. The summed E-state index contributed by atoms with van der Waals surface area (Å²) < 4.78 is 1.52. The first-order valence-electron chi connectivity index (χ1n) is 6.53. The van der Waals surface area contributed by atoms with Crippen molar-refractivity contribution in [2.24, 2.45) is 0 Å². The monoisotopic (exact) mass is 302 g/mol. The predicted molar refractivity (Wildman–Crippen MR) is 85.5 cm³/mol. The second-order valence-electron chi connectivity index (χ2n) is 4.42. The van der Waals surface area contributed by atoms with E-state index in [2.05, 4.69) is 5.32 Å². The molecule has 21 heavy (non-hydrogen) atoms. The lowest BCUT2D eigenvalue weighted by Gasteiger charge is -2.06. The van der Waals surface area contributed by atoms with Crippen LogP contribution in [-0.2, 0) is 11.3 Å². The van der Waals surface area contributed by atoms with E-state index in [-0.39, 0.29) is 11.5 Å². The van der Waals surface area contributed by atoms with Gasteiger partial charge in [0.25, 0.3) is 5.56 Å². The summed E-state index contributed by atoms with van der Waals surface area (Å²) in [5, 5.41) is 3.33. The van der Waals surface area contributed by atoms with Gasteiger partial charge in [-0.3, -0.25) is 9.59 Å². The number of carbonyl (C=O) groups is 1. The third kappa shape index (κ3) is 4.33. The zero-order chi connectivity index (χ0) is 15.2. The Balaban J connectivity index is 2.06. The smallest absolute Gasteiger partial charge is 0.250 e. The van der Waals surface area contributed by atoms with Gasteiger partial charge in [-0.2, -0.15) is 0 Å². The van der Waals surface area contributed by atoms with Gasteiger partial charge in [0.15, 0.2) is 0 Å². The molecule has 0 aliphatic rings. The minimum Gasteiger partial charge on any atom is -0.321 e. The van der Waals surface area contributed by atoms with Crippen molar-refractivity contribution in [2.45, 2.75) is 13.5 Å². The van der Waals surface area contributed by atoms with Crippen molar-refractivity contribution in [3.63, 3.8) is 0 Å². The minimum atomic E-state index is -0.267. The lowest BCUT2D eigenvalue weighted by molar-refractivity contribution is -0.111. The maximum absolute atomic E-state index is 11.8. The molecule has 0 radical (unpaired) electrons. The Labute approximate surface area is 127 Å². The quantitative estimate of drug-likeness (QED) is 0.882. The third-order valence-corrected chi connectivity index (χ3v) is 3.10. The fourth-order valence-electron chi connectivity index (χ4n) is 1.82. The molecule has 0 atom stereocenters. The Hall–Kier alpha value is -2.33. The van der Waals surface area contributed by atoms with E-state index < -0.39 is 0 Å². The molecule has 0 aliphatic heterocycles. The third-order valence-electron chi connectivity index (χ3n) is 2.87. The summed E-state index contributed by atoms with van der Waals surface area (Å²) in [6, 6.07) is 10.2. The fraction of sp³-hybridized carbons (Fsp3) is 0.125. The number of amides is 1. The van der Waals surface area contributed by atoms with Crippen molar-refractivity contribution < 1.29 is 4.79 Å². The number of carbonyl (C=O) groups excluding carboxylic acids is 1. The van der Waals surface area contributed by atoms with E-state index >= 15 is 0 Å². The number of rotatable bonds is 4. The van der Waals surface area contributed by atoms with Gasteiger partial charge >= 0.3 is 0 Å². The second kappa shape index (κ2) is 6.90. The van der Waals surface area contributed by atoms with Gasteiger partial charge < -0.3 is 9.88 Å². The molecule has 0 saturated carbocycles. The Morgan fingerprint density at radius 3 is 2.86 bits per heavy atom. The molecule has 2 rings (SSSR count). The topological polar surface area (TPSA) is 51.1 Å². The molecule has 1 aromatic heterocycles. The molecule has 0 saturated heterocycles. The molecule has 5 heteroatoms. The molecule has 0 fully saturated rings. The van der Waals surface area contributed by atoms with Crippen molar-refractivity contribution in [2.75, 3.05) is 5.32 Å². The minimum absolute atomic E-state index is 0.0926. The Morgan fingerprint density at radius 2 is 2.14 bits per heavy atom. The number of anilines is 1. The first kappa shape index (κ1) is 15.1. The van der Waals surface area contributed by atoms with Crippen molar-refractivity contribution in [1.82, 2.24) is 4.57 Å². The summed E-state index contributed by atoms with van der Waals surface area (Å²) in [4.78, 5) is 23.3. The SMILES string of the molecule is CCn1cc(NC(=O)C=Cc2cccc(Cl)c2)ccc1=O. The Kier molecular flexibility index (Phi) is 4.95. The number of pyridine rings is 1. The predicted octanol–water partition coefficient (Wildman–Crippen LogP) is 3.17. The van der Waals surface area contributed by atoms with E-state index in [0.29, 0.717) is 17.3 Å². The molecule has 0 bridgehead atoms. The van der Waals surface area contributed by atoms with E-state index in [9.17, 15) is 9.59 Å². The molecular formula is C16H15ClN2O2. The number of nitrogens with one attached hydrogen (secondary N) is 1. The number of hydrogen-bond acceptors (Lipinski definition) is 2. The van der Waals surface area contributed by atoms with Gasteiger partial charge in [-0.05, 0) is 36.8 Å². The molecule has 1 amide bonds. The maximum atomic E-state index is 11.8. The fourth-order valence-corrected chi connectivity index (χ4v) is 2.02. The summed E-state index contributed by atoms with van der Waals surface area (Å²) >= 11 is 5.87. The number of aryl methyl sites for hydroxylation is 1. The van der Waals surface area contributed by atoms with Crippen LogP contribution in [-0.4, -0.2) is 10.5 Å². The van der Waals surface area contributed by atoms with Crippen molar-refractivity contribution in [1.29, 1.82) is 0 Å². The summed E-state index contributed by atoms with van der Waals surface area (Å²) in [5.74, 6) is -0.267. The molecule has 108 valence electrons. The van der Waals surface area contributed by atoms with Gasteiger partial charge in [0, 0.05) is 29.9 Å². The van der Waals surface area contributed by atoms with Gasteiger partial charge in [0.2, 0.25) is 5.91 Å². The number of aromatic nitrogens is 1. The summed E-state index contributed by atoms with van der Waals surface area (Å²) in [5.41, 5.74) is 1.33. The molecular weight excluding hydrogens is 288 g/mol. The molecule has 1 heterocycles. The normalized spacial score (nSPS) is 10.8. The van der Waals surface area contributed by atoms with Crippen molar-refractivity contribution in [3.8, 4) is 0 Å². The lowest BCUT2D eigenvalue weighted by atomic mass is 10.2. The summed E-state index contributed by atoms with van der Waals surface area (Å²) in [6.45, 7) is 2.42. The van der Waals surface area contributed by atoms with Crippen LogP contribution < -0.4 is 10.9 Å². The van der Waals surface area contributed by atoms with Crippen LogP contribution in [0.15, 0.2) is 53.5 Å². The Morgan fingerprint density at radius 1 is 1.33 bits per heavy atom. The van der Waals surface area contributed by atoms with E-state index in [1.54, 1.807) is 30.5 Å². The van der Waals surface area contributed by atoms with Gasteiger partial charge in [0.1, 0.15) is 0 Å². The first-order chi connectivity index (χ1) is 10.1. The highest BCUT2D eigenvalue weighted by Gasteiger charge is 2.00. The Bertz CT molecular complexity index is 735. The lowest BCUT2D eigenvalue weighted by Crippen LogP contribution is -2.19. The molecule has 0 unspecified atom stereocenters. The highest BCUT2D eigenvalue weighted by molar-refractivity contribution is 6.30. The maximum Gasteiger partial charge on any atom is 0.250 e. The zero-order valence-electron chi connectivity index (χ0n) is 11.5. The van der Waals surface area contributed by atoms with E-state index in [4.69, 9.17) is 11.6 Å². The van der Waals surface area contributed by atoms with Crippen LogP contribution in [0.25, 0.3) is 6.08 Å². The molecule has 1 N–H and O–H groups in total. The van der Waals surface area contributed by atoms with Crippen molar-refractivity contribution in [3.05, 3.63) is 69.6 Å². The van der Waals surface area contributed by atoms with Crippen LogP contribution in [0.5, 0.6) is 0 Å². The summed E-state index contributed by atoms with van der Waals surface area (Å²) in [6.07, 6.45) is 4.72. The number of benzene rings is 1. The largest absolute Gasteiger partial charge is 0.321 e.